The molecule has 14 rings (SSSR count). The highest BCUT2D eigenvalue weighted by molar-refractivity contribution is 7.27. The van der Waals surface area contributed by atoms with Crippen molar-refractivity contribution in [2.24, 2.45) is 0 Å². The predicted octanol–water partition coefficient (Wildman–Crippen LogP) is 15.3. The maximum atomic E-state index is 6.76. The van der Waals surface area contributed by atoms with Crippen LogP contribution in [0, 0.1) is 0 Å². The number of hydrogen-bond acceptors (Lipinski definition) is 4. The number of para-hydroxylation sites is 1. The summed E-state index contributed by atoms with van der Waals surface area (Å²) in [6, 6.07) is 53.2. The van der Waals surface area contributed by atoms with E-state index in [9.17, 15) is 0 Å². The van der Waals surface area contributed by atoms with Crippen molar-refractivity contribution in [2.75, 3.05) is 4.81 Å². The summed E-state index contributed by atoms with van der Waals surface area (Å²) in [4.78, 5) is 2.69. The molecule has 2 aliphatic heterocycles. The Morgan fingerprint density at radius 1 is 0.516 bits per heavy atom. The fourth-order valence-corrected chi connectivity index (χ4v) is 13.5. The molecule has 6 heteroatoms. The van der Waals surface area contributed by atoms with Crippen molar-refractivity contribution in [3.8, 4) is 16.8 Å². The van der Waals surface area contributed by atoms with E-state index < -0.39 is 0 Å². The van der Waals surface area contributed by atoms with Gasteiger partial charge >= 0.3 is 6.85 Å². The first-order chi connectivity index (χ1) is 30.0. The van der Waals surface area contributed by atoms with E-state index in [1.54, 1.807) is 0 Å². The molecule has 6 heterocycles. The van der Waals surface area contributed by atoms with Crippen LogP contribution in [0.4, 0.5) is 11.4 Å². The maximum absolute atomic E-state index is 6.76. The van der Waals surface area contributed by atoms with E-state index in [-0.39, 0.29) is 17.7 Å². The number of aromatic nitrogens is 1. The fourth-order valence-electron chi connectivity index (χ4n) is 11.1. The third kappa shape index (κ3) is 4.51. The Balaban J connectivity index is 1.24. The lowest BCUT2D eigenvalue weighted by Gasteiger charge is -2.42. The van der Waals surface area contributed by atoms with Gasteiger partial charge in [-0.1, -0.05) is 120 Å². The Morgan fingerprint density at radius 2 is 1.21 bits per heavy atom. The molecular formula is C56H41BN2OS2. The minimum Gasteiger partial charge on any atom is -0.456 e. The van der Waals surface area contributed by atoms with Crippen molar-refractivity contribution < 1.29 is 4.42 Å². The van der Waals surface area contributed by atoms with Gasteiger partial charge in [0.05, 0.1) is 11.0 Å². The molecule has 296 valence electrons. The van der Waals surface area contributed by atoms with Gasteiger partial charge in [-0.25, -0.2) is 0 Å². The van der Waals surface area contributed by atoms with Crippen LogP contribution in [0.25, 0.3) is 101 Å². The zero-order valence-corrected chi connectivity index (χ0v) is 37.1. The van der Waals surface area contributed by atoms with E-state index in [0.717, 1.165) is 21.9 Å². The van der Waals surface area contributed by atoms with Crippen LogP contribution in [0.3, 0.4) is 0 Å². The van der Waals surface area contributed by atoms with Gasteiger partial charge in [-0.3, -0.25) is 0 Å². The largest absolute Gasteiger partial charge is 0.456 e. The van der Waals surface area contributed by atoms with E-state index >= 15 is 0 Å². The Bertz CT molecular complexity index is 3960. The van der Waals surface area contributed by atoms with Crippen molar-refractivity contribution >= 4 is 136 Å². The summed E-state index contributed by atoms with van der Waals surface area (Å²) in [5.41, 5.74) is 16.0. The lowest BCUT2D eigenvalue weighted by molar-refractivity contribution is 0.590. The average Bonchev–Trinajstić information content (AvgIpc) is 4.02. The van der Waals surface area contributed by atoms with Crippen LogP contribution in [0.2, 0.25) is 0 Å². The van der Waals surface area contributed by atoms with Gasteiger partial charge in [0.15, 0.2) is 0 Å². The maximum Gasteiger partial charge on any atom is 0.333 e. The van der Waals surface area contributed by atoms with Crippen molar-refractivity contribution in [3.05, 3.63) is 151 Å². The summed E-state index contributed by atoms with van der Waals surface area (Å²) in [5.74, 6) is 0. The summed E-state index contributed by atoms with van der Waals surface area (Å²) >= 11 is 3.86. The van der Waals surface area contributed by atoms with E-state index in [1.165, 1.54) is 112 Å². The SMILES string of the molecule is CC(C)(C)c1ccc(N2B3c4cc5c(cc4-n4c6ccc(C(C)(C)C)cc6c6c7c(sc8ccccc87)c(c3c64)-c3cc4oc6ccccc6c4cc32)sc2ccccc25)cc1. The van der Waals surface area contributed by atoms with Gasteiger partial charge in [0.1, 0.15) is 11.2 Å². The van der Waals surface area contributed by atoms with Gasteiger partial charge in [0, 0.05) is 90.1 Å². The highest BCUT2D eigenvalue weighted by atomic mass is 32.1. The molecule has 8 aromatic carbocycles. The molecule has 4 aromatic heterocycles. The molecule has 0 spiro atoms. The molecular weight excluding hydrogens is 792 g/mol. The first-order valence-electron chi connectivity index (χ1n) is 21.8. The Hall–Kier alpha value is -6.34. The van der Waals surface area contributed by atoms with Gasteiger partial charge in [-0.2, -0.15) is 0 Å². The first-order valence-corrected chi connectivity index (χ1v) is 23.4. The Morgan fingerprint density at radius 3 is 1.98 bits per heavy atom. The average molecular weight is 833 g/mol. The molecule has 0 bridgehead atoms. The standard InChI is InChI=1S/C56H41BN2OS2/c1-55(2,3)30-19-22-32(23-20-30)59-42-27-36-33-13-7-10-16-44(33)60-45(36)28-39(42)51-52-53-49(50-35-15-9-12-18-47(35)62-54(50)51)38-25-31(56(4,5)6)21-24-41(38)58(53)43-29-48-37(26-40(43)57(52)59)34-14-8-11-17-46(34)61-48/h7-29H,1-6H3. The zero-order valence-electron chi connectivity index (χ0n) is 35.5. The number of fused-ring (bicyclic) bond motifs is 19. The van der Waals surface area contributed by atoms with Crippen LogP contribution >= 0.6 is 22.7 Å². The molecule has 0 atom stereocenters. The summed E-state index contributed by atoms with van der Waals surface area (Å²) in [6.45, 7) is 13.8. The molecule has 2 aliphatic rings. The fraction of sp³-hybridized carbons (Fsp3) is 0.143. The quantitative estimate of drug-likeness (QED) is 0.154. The predicted molar refractivity (Wildman–Crippen MR) is 270 cm³/mol. The zero-order chi connectivity index (χ0) is 41.6. The van der Waals surface area contributed by atoms with Crippen molar-refractivity contribution in [1.29, 1.82) is 0 Å². The molecule has 0 amide bonds. The second-order valence-corrected chi connectivity index (χ2v) is 21.8. The summed E-state index contributed by atoms with van der Waals surface area (Å²) in [6.07, 6.45) is 0. The molecule has 0 unspecified atom stereocenters. The van der Waals surface area contributed by atoms with Crippen LogP contribution in [0.15, 0.2) is 144 Å². The number of furan rings is 1. The monoisotopic (exact) mass is 832 g/mol. The number of nitrogens with zero attached hydrogens (tertiary/aromatic N) is 2. The molecule has 0 fully saturated rings. The lowest BCUT2D eigenvalue weighted by Crippen LogP contribution is -2.60. The van der Waals surface area contributed by atoms with Gasteiger partial charge < -0.3 is 13.8 Å². The van der Waals surface area contributed by atoms with E-state index in [4.69, 9.17) is 4.42 Å². The van der Waals surface area contributed by atoms with Crippen molar-refractivity contribution in [2.45, 2.75) is 52.4 Å². The third-order valence-corrected chi connectivity index (χ3v) is 16.4. The van der Waals surface area contributed by atoms with E-state index in [0.29, 0.717) is 0 Å². The molecule has 0 radical (unpaired) electrons. The Kier molecular flexibility index (Phi) is 6.70. The van der Waals surface area contributed by atoms with Crippen LogP contribution < -0.4 is 15.7 Å². The molecule has 12 aromatic rings. The summed E-state index contributed by atoms with van der Waals surface area (Å²) in [7, 11) is 0. The van der Waals surface area contributed by atoms with Crippen LogP contribution in [0.5, 0.6) is 0 Å². The minimum atomic E-state index is -0.109. The van der Waals surface area contributed by atoms with Gasteiger partial charge in [0.2, 0.25) is 0 Å². The number of rotatable bonds is 1. The summed E-state index contributed by atoms with van der Waals surface area (Å²) in [5, 5.41) is 10.3. The molecule has 0 aliphatic carbocycles. The van der Waals surface area contributed by atoms with Crippen molar-refractivity contribution in [1.82, 2.24) is 4.57 Å². The van der Waals surface area contributed by atoms with Gasteiger partial charge in [-0.05, 0) is 93.5 Å². The van der Waals surface area contributed by atoms with Crippen LogP contribution in [0.1, 0.15) is 52.7 Å². The molecule has 0 saturated heterocycles. The smallest absolute Gasteiger partial charge is 0.333 e. The van der Waals surface area contributed by atoms with Crippen LogP contribution in [-0.2, 0) is 10.8 Å². The second-order valence-electron chi connectivity index (χ2n) is 19.7. The topological polar surface area (TPSA) is 21.3 Å². The van der Waals surface area contributed by atoms with Crippen LogP contribution in [-0.4, -0.2) is 11.4 Å². The molecule has 0 N–H and O–H groups in total. The first kappa shape index (κ1) is 35.3. The second kappa shape index (κ2) is 11.8. The van der Waals surface area contributed by atoms with E-state index in [1.807, 2.05) is 22.7 Å². The molecule has 62 heavy (non-hydrogen) atoms. The normalized spacial score (nSPS) is 13.9. The highest BCUT2D eigenvalue weighted by Crippen LogP contribution is 2.54. The number of hydrogen-bond donors (Lipinski definition) is 0. The minimum absolute atomic E-state index is 0.0105. The number of anilines is 2. The highest BCUT2D eigenvalue weighted by Gasteiger charge is 2.46. The third-order valence-electron chi connectivity index (χ3n) is 14.1. The summed E-state index contributed by atoms with van der Waals surface area (Å²) < 4.78 is 14.7. The van der Waals surface area contributed by atoms with Gasteiger partial charge in [-0.15, -0.1) is 22.7 Å². The van der Waals surface area contributed by atoms with E-state index in [2.05, 4.69) is 190 Å². The number of benzene rings is 8. The number of thiophene rings is 2. The van der Waals surface area contributed by atoms with Gasteiger partial charge in [0.25, 0.3) is 0 Å². The van der Waals surface area contributed by atoms with Crippen molar-refractivity contribution in [3.63, 3.8) is 0 Å². The Labute approximate surface area is 367 Å². The molecule has 0 saturated carbocycles. The lowest BCUT2D eigenvalue weighted by atomic mass is 9.43. The molecule has 3 nitrogen and oxygen atoms in total.